The zero-order chi connectivity index (χ0) is 18.6. The summed E-state index contributed by atoms with van der Waals surface area (Å²) in [6.07, 6.45) is 11.4. The fraction of sp³-hybridized carbons (Fsp3) is 0.696. The van der Waals surface area contributed by atoms with Crippen molar-refractivity contribution in [1.29, 1.82) is 0 Å². The zero-order valence-electron chi connectivity index (χ0n) is 16.8. The minimum atomic E-state index is 0.189. The minimum absolute atomic E-state index is 0.189. The quantitative estimate of drug-likeness (QED) is 0.504. The SMILES string of the molecule is CC(C)CCNC(=O)CCCCCOc1ccccc1C1CCCCC1. The average Bonchev–Trinajstić information content (AvgIpc) is 2.65. The highest BCUT2D eigenvalue weighted by molar-refractivity contribution is 5.75. The molecule has 2 rings (SSSR count). The maximum atomic E-state index is 11.8. The van der Waals surface area contributed by atoms with E-state index in [1.807, 2.05) is 0 Å². The highest BCUT2D eigenvalue weighted by atomic mass is 16.5. The maximum Gasteiger partial charge on any atom is 0.219 e. The summed E-state index contributed by atoms with van der Waals surface area (Å²) < 4.78 is 6.09. The third kappa shape index (κ3) is 7.80. The molecule has 1 aromatic carbocycles. The van der Waals surface area contributed by atoms with Crippen LogP contribution in [0.25, 0.3) is 0 Å². The van der Waals surface area contributed by atoms with Gasteiger partial charge in [0, 0.05) is 13.0 Å². The summed E-state index contributed by atoms with van der Waals surface area (Å²) in [4.78, 5) is 11.8. The molecule has 1 amide bonds. The van der Waals surface area contributed by atoms with Gasteiger partial charge in [-0.25, -0.2) is 0 Å². The summed E-state index contributed by atoms with van der Waals surface area (Å²) in [5.74, 6) is 2.58. The Morgan fingerprint density at radius 2 is 1.88 bits per heavy atom. The molecule has 1 N–H and O–H groups in total. The lowest BCUT2D eigenvalue weighted by molar-refractivity contribution is -0.121. The van der Waals surface area contributed by atoms with Crippen molar-refractivity contribution in [2.75, 3.05) is 13.2 Å². The average molecular weight is 360 g/mol. The van der Waals surface area contributed by atoms with Crippen LogP contribution in [0.1, 0.15) is 89.5 Å². The van der Waals surface area contributed by atoms with Gasteiger partial charge in [-0.2, -0.15) is 0 Å². The molecule has 1 aliphatic rings. The Labute approximate surface area is 159 Å². The van der Waals surface area contributed by atoms with Gasteiger partial charge in [0.2, 0.25) is 5.91 Å². The molecule has 0 aliphatic heterocycles. The number of hydrogen-bond donors (Lipinski definition) is 1. The molecule has 1 aliphatic carbocycles. The lowest BCUT2D eigenvalue weighted by Gasteiger charge is -2.24. The molecule has 3 nitrogen and oxygen atoms in total. The van der Waals surface area contributed by atoms with E-state index < -0.39 is 0 Å². The summed E-state index contributed by atoms with van der Waals surface area (Å²) in [5.41, 5.74) is 1.40. The van der Waals surface area contributed by atoms with Crippen LogP contribution < -0.4 is 10.1 Å². The maximum absolute atomic E-state index is 11.8. The van der Waals surface area contributed by atoms with Crippen LogP contribution in [0.15, 0.2) is 24.3 Å². The molecule has 1 fully saturated rings. The summed E-state index contributed by atoms with van der Waals surface area (Å²) >= 11 is 0. The van der Waals surface area contributed by atoms with E-state index in [4.69, 9.17) is 4.74 Å². The molecule has 0 bridgehead atoms. The number of para-hydroxylation sites is 1. The second-order valence-electron chi connectivity index (χ2n) is 8.06. The highest BCUT2D eigenvalue weighted by Crippen LogP contribution is 2.37. The summed E-state index contributed by atoms with van der Waals surface area (Å²) in [5, 5.41) is 3.00. The topological polar surface area (TPSA) is 38.3 Å². The Morgan fingerprint density at radius 1 is 1.12 bits per heavy atom. The van der Waals surface area contributed by atoms with E-state index >= 15 is 0 Å². The number of carbonyl (C=O) groups excluding carboxylic acids is 1. The van der Waals surface area contributed by atoms with E-state index in [1.165, 1.54) is 37.7 Å². The van der Waals surface area contributed by atoms with Crippen LogP contribution in [0.5, 0.6) is 5.75 Å². The van der Waals surface area contributed by atoms with Gasteiger partial charge in [-0.15, -0.1) is 0 Å². The third-order valence-corrected chi connectivity index (χ3v) is 5.31. The van der Waals surface area contributed by atoms with E-state index in [0.29, 0.717) is 18.3 Å². The fourth-order valence-corrected chi connectivity index (χ4v) is 3.70. The van der Waals surface area contributed by atoms with Gasteiger partial charge in [0.1, 0.15) is 5.75 Å². The third-order valence-electron chi connectivity index (χ3n) is 5.31. The molecule has 0 heterocycles. The largest absolute Gasteiger partial charge is 0.493 e. The second-order valence-corrected chi connectivity index (χ2v) is 8.06. The Hall–Kier alpha value is -1.51. The molecule has 0 aromatic heterocycles. The monoisotopic (exact) mass is 359 g/mol. The van der Waals surface area contributed by atoms with Crippen LogP contribution >= 0.6 is 0 Å². The Kier molecular flexibility index (Phi) is 9.58. The number of unbranched alkanes of at least 4 members (excludes halogenated alkanes) is 2. The van der Waals surface area contributed by atoms with Gasteiger partial charge in [0.05, 0.1) is 6.61 Å². The fourth-order valence-electron chi connectivity index (χ4n) is 3.70. The summed E-state index contributed by atoms with van der Waals surface area (Å²) in [6, 6.07) is 8.57. The lowest BCUT2D eigenvalue weighted by Crippen LogP contribution is -2.24. The second kappa shape index (κ2) is 12.0. The first-order valence-corrected chi connectivity index (χ1v) is 10.6. The van der Waals surface area contributed by atoms with E-state index in [-0.39, 0.29) is 5.91 Å². The molecule has 0 spiro atoms. The van der Waals surface area contributed by atoms with Crippen LogP contribution in [-0.4, -0.2) is 19.1 Å². The van der Waals surface area contributed by atoms with Crippen molar-refractivity contribution in [3.8, 4) is 5.75 Å². The van der Waals surface area contributed by atoms with Gasteiger partial charge in [0.15, 0.2) is 0 Å². The highest BCUT2D eigenvalue weighted by Gasteiger charge is 2.18. The minimum Gasteiger partial charge on any atom is -0.493 e. The molecule has 1 aromatic rings. The molecule has 26 heavy (non-hydrogen) atoms. The number of hydrogen-bond acceptors (Lipinski definition) is 2. The number of ether oxygens (including phenoxy) is 1. The number of benzene rings is 1. The van der Waals surface area contributed by atoms with Gasteiger partial charge in [-0.05, 0) is 62.0 Å². The Bertz CT molecular complexity index is 521. The van der Waals surface area contributed by atoms with Crippen molar-refractivity contribution < 1.29 is 9.53 Å². The van der Waals surface area contributed by atoms with Gasteiger partial charge in [-0.1, -0.05) is 51.3 Å². The van der Waals surface area contributed by atoms with E-state index in [2.05, 4.69) is 43.4 Å². The van der Waals surface area contributed by atoms with Crippen molar-refractivity contribution in [1.82, 2.24) is 5.32 Å². The van der Waals surface area contributed by atoms with Crippen LogP contribution in [-0.2, 0) is 4.79 Å². The summed E-state index contributed by atoms with van der Waals surface area (Å²) in [7, 11) is 0. The molecular formula is C23H37NO2. The van der Waals surface area contributed by atoms with Gasteiger partial charge in [-0.3, -0.25) is 4.79 Å². The standard InChI is InChI=1S/C23H37NO2/c1-19(2)16-17-24-23(25)15-7-4-10-18-26-22-14-9-8-13-21(22)20-11-5-3-6-12-20/h8-9,13-14,19-20H,3-7,10-12,15-18H2,1-2H3,(H,24,25). The van der Waals surface area contributed by atoms with Crippen molar-refractivity contribution in [3.63, 3.8) is 0 Å². The first-order valence-electron chi connectivity index (χ1n) is 10.6. The first kappa shape index (κ1) is 20.8. The van der Waals surface area contributed by atoms with E-state index in [9.17, 15) is 4.79 Å². The van der Waals surface area contributed by atoms with Crippen LogP contribution in [0.3, 0.4) is 0 Å². The molecule has 0 radical (unpaired) electrons. The summed E-state index contributed by atoms with van der Waals surface area (Å²) in [6.45, 7) is 5.91. The smallest absolute Gasteiger partial charge is 0.219 e. The lowest BCUT2D eigenvalue weighted by atomic mass is 9.84. The molecule has 1 saturated carbocycles. The van der Waals surface area contributed by atoms with E-state index in [1.54, 1.807) is 0 Å². The van der Waals surface area contributed by atoms with Crippen molar-refractivity contribution in [2.45, 2.75) is 84.0 Å². The number of nitrogens with one attached hydrogen (secondary N) is 1. The van der Waals surface area contributed by atoms with Crippen molar-refractivity contribution in [2.24, 2.45) is 5.92 Å². The predicted molar refractivity (Wildman–Crippen MR) is 109 cm³/mol. The van der Waals surface area contributed by atoms with Gasteiger partial charge >= 0.3 is 0 Å². The van der Waals surface area contributed by atoms with Crippen molar-refractivity contribution in [3.05, 3.63) is 29.8 Å². The molecular weight excluding hydrogens is 322 g/mol. The molecule has 3 heteroatoms. The first-order chi connectivity index (χ1) is 12.7. The number of carbonyl (C=O) groups is 1. The van der Waals surface area contributed by atoms with Crippen LogP contribution in [0.2, 0.25) is 0 Å². The van der Waals surface area contributed by atoms with Crippen LogP contribution in [0, 0.1) is 5.92 Å². The normalized spacial score (nSPS) is 15.2. The van der Waals surface area contributed by atoms with E-state index in [0.717, 1.165) is 44.6 Å². The zero-order valence-corrected chi connectivity index (χ0v) is 16.8. The molecule has 0 unspecified atom stereocenters. The predicted octanol–water partition coefficient (Wildman–Crippen LogP) is 5.84. The Morgan fingerprint density at radius 3 is 2.65 bits per heavy atom. The van der Waals surface area contributed by atoms with Crippen LogP contribution in [0.4, 0.5) is 0 Å². The Balaban J connectivity index is 1.61. The van der Waals surface area contributed by atoms with Gasteiger partial charge < -0.3 is 10.1 Å². The molecule has 0 saturated heterocycles. The van der Waals surface area contributed by atoms with Crippen molar-refractivity contribution >= 4 is 5.91 Å². The number of rotatable bonds is 11. The molecule has 0 atom stereocenters. The number of amides is 1. The molecule has 146 valence electrons. The van der Waals surface area contributed by atoms with Gasteiger partial charge in [0.25, 0.3) is 0 Å².